The topological polar surface area (TPSA) is 46.5 Å². The normalized spacial score (nSPS) is 11.2. The average Bonchev–Trinajstić information content (AvgIpc) is 2.88. The van der Waals surface area contributed by atoms with Crippen LogP contribution in [0.2, 0.25) is 0 Å². The number of ether oxygens (including phenoxy) is 1. The summed E-state index contributed by atoms with van der Waals surface area (Å²) in [4.78, 5) is 12.3. The van der Waals surface area contributed by atoms with E-state index in [1.807, 2.05) is 0 Å². The highest BCUT2D eigenvalue weighted by Crippen LogP contribution is 2.55. The number of rotatable bonds is 9. The number of phenols is 1. The lowest BCUT2D eigenvalue weighted by molar-refractivity contribution is 0.0496. The van der Waals surface area contributed by atoms with Crippen LogP contribution in [0.5, 0.6) is 5.75 Å². The van der Waals surface area contributed by atoms with E-state index < -0.39 is 13.2 Å². The molecule has 0 fully saturated rings. The van der Waals surface area contributed by atoms with Gasteiger partial charge < -0.3 is 9.84 Å². The maximum atomic E-state index is 12.3. The number of carbonyl (C=O) groups excluding carboxylic acids is 1. The standard InChI is InChI=1S/C29H27O3P/c30-28-21-11-10-20-27(28)29(31)32-22-12-13-23-33(24-14-4-1-5-15-24,25-16-6-2-7-17-25)26-18-8-3-9-19-26/h1-11,14-21H,12-13,22-23H2/p+1. The molecular weight excluding hydrogens is 427 g/mol. The minimum absolute atomic E-state index is 0.0512. The molecule has 0 atom stereocenters. The Kier molecular flexibility index (Phi) is 7.55. The third kappa shape index (κ3) is 5.16. The van der Waals surface area contributed by atoms with Crippen LogP contribution in [0.4, 0.5) is 0 Å². The first-order valence-corrected chi connectivity index (χ1v) is 13.2. The minimum atomic E-state index is -1.86. The number of para-hydroxylation sites is 1. The van der Waals surface area contributed by atoms with Crippen molar-refractivity contribution in [1.29, 1.82) is 0 Å². The fourth-order valence-electron chi connectivity index (χ4n) is 4.22. The van der Waals surface area contributed by atoms with Crippen molar-refractivity contribution in [1.82, 2.24) is 0 Å². The maximum absolute atomic E-state index is 12.3. The molecule has 0 bridgehead atoms. The second kappa shape index (κ2) is 10.9. The van der Waals surface area contributed by atoms with Gasteiger partial charge in [0.1, 0.15) is 34.5 Å². The molecule has 0 heterocycles. The Morgan fingerprint density at radius 3 is 1.58 bits per heavy atom. The maximum Gasteiger partial charge on any atom is 0.341 e. The fourth-order valence-corrected chi connectivity index (χ4v) is 8.63. The van der Waals surface area contributed by atoms with Crippen molar-refractivity contribution < 1.29 is 14.6 Å². The van der Waals surface area contributed by atoms with Gasteiger partial charge in [0.05, 0.1) is 12.8 Å². The number of hydrogen-bond acceptors (Lipinski definition) is 3. The van der Waals surface area contributed by atoms with Crippen LogP contribution in [0.1, 0.15) is 23.2 Å². The van der Waals surface area contributed by atoms with Crippen molar-refractivity contribution in [3.8, 4) is 5.75 Å². The van der Waals surface area contributed by atoms with Crippen LogP contribution < -0.4 is 15.9 Å². The number of esters is 1. The van der Waals surface area contributed by atoms with Crippen molar-refractivity contribution in [3.05, 3.63) is 121 Å². The zero-order valence-electron chi connectivity index (χ0n) is 18.5. The van der Waals surface area contributed by atoms with E-state index in [2.05, 4.69) is 91.0 Å². The molecule has 0 aliphatic carbocycles. The van der Waals surface area contributed by atoms with Crippen LogP contribution in [0.15, 0.2) is 115 Å². The summed E-state index contributed by atoms with van der Waals surface area (Å²) in [6.07, 6.45) is 2.66. The lowest BCUT2D eigenvalue weighted by atomic mass is 10.2. The second-order valence-electron chi connectivity index (χ2n) is 7.90. The quantitative estimate of drug-likeness (QED) is 0.211. The Morgan fingerprint density at radius 2 is 1.09 bits per heavy atom. The molecule has 4 rings (SSSR count). The van der Waals surface area contributed by atoms with Gasteiger partial charge in [0, 0.05) is 0 Å². The Bertz CT molecular complexity index is 1060. The van der Waals surface area contributed by atoms with E-state index in [0.717, 1.165) is 19.0 Å². The van der Waals surface area contributed by atoms with Crippen molar-refractivity contribution >= 4 is 29.1 Å². The lowest BCUT2D eigenvalue weighted by Gasteiger charge is -2.27. The highest BCUT2D eigenvalue weighted by molar-refractivity contribution is 7.95. The third-order valence-electron chi connectivity index (χ3n) is 5.84. The van der Waals surface area contributed by atoms with Gasteiger partial charge in [-0.15, -0.1) is 0 Å². The van der Waals surface area contributed by atoms with Gasteiger partial charge in [0.25, 0.3) is 0 Å². The molecule has 4 aromatic rings. The summed E-state index contributed by atoms with van der Waals surface area (Å²) < 4.78 is 5.45. The zero-order valence-corrected chi connectivity index (χ0v) is 19.4. The average molecular weight is 456 g/mol. The van der Waals surface area contributed by atoms with Crippen LogP contribution in [0, 0.1) is 0 Å². The van der Waals surface area contributed by atoms with Gasteiger partial charge in [-0.25, -0.2) is 4.79 Å². The summed E-state index contributed by atoms with van der Waals surface area (Å²) in [6, 6.07) is 38.8. The number of aromatic hydroxyl groups is 1. The molecule has 0 unspecified atom stereocenters. The number of hydrogen-bond donors (Lipinski definition) is 1. The summed E-state index contributed by atoms with van der Waals surface area (Å²) in [7, 11) is -1.86. The molecule has 0 saturated heterocycles. The van der Waals surface area contributed by atoms with Crippen molar-refractivity contribution in [2.45, 2.75) is 12.8 Å². The van der Waals surface area contributed by atoms with Crippen LogP contribution in [-0.2, 0) is 4.74 Å². The molecule has 0 radical (unpaired) electrons. The highest BCUT2D eigenvalue weighted by atomic mass is 31.2. The molecule has 0 saturated carbocycles. The van der Waals surface area contributed by atoms with Crippen LogP contribution in [-0.4, -0.2) is 23.8 Å². The molecule has 1 N–H and O–H groups in total. The summed E-state index contributed by atoms with van der Waals surface area (Å²) in [5, 5.41) is 13.9. The van der Waals surface area contributed by atoms with Gasteiger partial charge in [0.2, 0.25) is 0 Å². The van der Waals surface area contributed by atoms with Crippen molar-refractivity contribution in [2.75, 3.05) is 12.8 Å². The molecular formula is C29H28O3P+. The van der Waals surface area contributed by atoms with Gasteiger partial charge in [-0.1, -0.05) is 66.7 Å². The monoisotopic (exact) mass is 455 g/mol. The molecule has 0 aliphatic rings. The van der Waals surface area contributed by atoms with Crippen molar-refractivity contribution in [2.24, 2.45) is 0 Å². The summed E-state index contributed by atoms with van der Waals surface area (Å²) >= 11 is 0. The summed E-state index contributed by atoms with van der Waals surface area (Å²) in [6.45, 7) is 0.325. The smallest absolute Gasteiger partial charge is 0.341 e. The largest absolute Gasteiger partial charge is 0.507 e. The van der Waals surface area contributed by atoms with E-state index in [0.29, 0.717) is 6.61 Å². The van der Waals surface area contributed by atoms with E-state index in [9.17, 15) is 9.90 Å². The van der Waals surface area contributed by atoms with Gasteiger partial charge in [-0.05, 0) is 61.4 Å². The summed E-state index contributed by atoms with van der Waals surface area (Å²) in [5.74, 6) is -0.534. The Morgan fingerprint density at radius 1 is 0.636 bits per heavy atom. The highest BCUT2D eigenvalue weighted by Gasteiger charge is 2.44. The van der Waals surface area contributed by atoms with E-state index in [-0.39, 0.29) is 11.3 Å². The number of carbonyl (C=O) groups is 1. The first-order valence-electron chi connectivity index (χ1n) is 11.2. The summed E-state index contributed by atoms with van der Waals surface area (Å²) in [5.41, 5.74) is 0.206. The number of benzene rings is 4. The molecule has 33 heavy (non-hydrogen) atoms. The van der Waals surface area contributed by atoms with E-state index in [1.165, 1.54) is 22.0 Å². The number of unbranched alkanes of at least 4 members (excludes halogenated alkanes) is 1. The van der Waals surface area contributed by atoms with Gasteiger partial charge in [-0.3, -0.25) is 0 Å². The molecule has 4 aromatic carbocycles. The molecule has 0 spiro atoms. The molecule has 0 aromatic heterocycles. The molecule has 3 nitrogen and oxygen atoms in total. The second-order valence-corrected chi connectivity index (χ2v) is 11.5. The van der Waals surface area contributed by atoms with Gasteiger partial charge in [0.15, 0.2) is 0 Å². The molecule has 166 valence electrons. The van der Waals surface area contributed by atoms with E-state index >= 15 is 0 Å². The van der Waals surface area contributed by atoms with Gasteiger partial charge >= 0.3 is 5.97 Å². The molecule has 4 heteroatoms. The first-order chi connectivity index (χ1) is 16.2. The van der Waals surface area contributed by atoms with E-state index in [1.54, 1.807) is 18.2 Å². The van der Waals surface area contributed by atoms with Crippen LogP contribution >= 0.6 is 7.26 Å². The Balaban J connectivity index is 1.55. The van der Waals surface area contributed by atoms with Gasteiger partial charge in [-0.2, -0.15) is 0 Å². The molecule has 0 amide bonds. The predicted octanol–water partition coefficient (Wildman–Crippen LogP) is 5.32. The zero-order chi connectivity index (χ0) is 22.9. The Labute approximate surface area is 196 Å². The molecule has 0 aliphatic heterocycles. The SMILES string of the molecule is O=C(OCCCC[P+](c1ccccc1)(c1ccccc1)c1ccccc1)c1ccccc1O. The minimum Gasteiger partial charge on any atom is -0.507 e. The van der Waals surface area contributed by atoms with Crippen LogP contribution in [0.25, 0.3) is 0 Å². The number of phenolic OH excluding ortho intramolecular Hbond substituents is 1. The third-order valence-corrected chi connectivity index (χ3v) is 10.4. The van der Waals surface area contributed by atoms with E-state index in [4.69, 9.17) is 4.74 Å². The van der Waals surface area contributed by atoms with Crippen LogP contribution in [0.3, 0.4) is 0 Å². The fraction of sp³-hybridized carbons (Fsp3) is 0.138. The van der Waals surface area contributed by atoms with Crippen molar-refractivity contribution in [3.63, 3.8) is 0 Å². The Hall–Kier alpha value is -3.42. The first kappa shape index (κ1) is 22.8. The lowest BCUT2D eigenvalue weighted by Crippen LogP contribution is -2.33. The predicted molar refractivity (Wildman–Crippen MR) is 138 cm³/mol.